The average molecular weight is 224 g/mol. The summed E-state index contributed by atoms with van der Waals surface area (Å²) in [5.74, 6) is -1.30. The van der Waals surface area contributed by atoms with E-state index in [1.54, 1.807) is 18.2 Å². The number of hydrogen-bond donors (Lipinski definition) is 1. The van der Waals surface area contributed by atoms with E-state index >= 15 is 0 Å². The lowest BCUT2D eigenvalue weighted by Crippen LogP contribution is -2.04. The van der Waals surface area contributed by atoms with Gasteiger partial charge in [0.25, 0.3) is 0 Å². The van der Waals surface area contributed by atoms with Crippen molar-refractivity contribution in [2.45, 2.75) is 6.42 Å². The number of hydrogen-bond acceptors (Lipinski definition) is 3. The molecule has 0 aliphatic rings. The van der Waals surface area contributed by atoms with Crippen LogP contribution in [-0.2, 0) is 4.74 Å². The highest BCUT2D eigenvalue weighted by Crippen LogP contribution is 2.13. The molecule has 3 nitrogen and oxygen atoms in total. The lowest BCUT2D eigenvalue weighted by atomic mass is 10.1. The molecule has 0 atom stereocenters. The Kier molecular flexibility index (Phi) is 4.66. The molecule has 1 aromatic carbocycles. The molecule has 1 aromatic rings. The summed E-state index contributed by atoms with van der Waals surface area (Å²) in [6.07, 6.45) is 3.92. The van der Waals surface area contributed by atoms with Crippen LogP contribution in [0.2, 0.25) is 0 Å². The summed E-state index contributed by atoms with van der Waals surface area (Å²) >= 11 is 0. The molecule has 86 valence electrons. The molecule has 1 N–H and O–H groups in total. The molecule has 0 amide bonds. The van der Waals surface area contributed by atoms with Gasteiger partial charge in [-0.05, 0) is 24.1 Å². The molecule has 0 unspecified atom stereocenters. The van der Waals surface area contributed by atoms with E-state index in [1.807, 2.05) is 0 Å². The number of rotatable bonds is 4. The van der Waals surface area contributed by atoms with E-state index in [0.29, 0.717) is 12.0 Å². The van der Waals surface area contributed by atoms with Gasteiger partial charge in [0.1, 0.15) is 5.82 Å². The van der Waals surface area contributed by atoms with Gasteiger partial charge < -0.3 is 9.84 Å². The zero-order valence-electron chi connectivity index (χ0n) is 8.94. The predicted molar refractivity (Wildman–Crippen MR) is 58.5 cm³/mol. The fraction of sp³-hybridized carbons (Fsp3) is 0.250. The molecule has 1 rings (SSSR count). The first kappa shape index (κ1) is 12.4. The SMILES string of the molecule is COC(=O)c1ccc(C=CCCO)cc1F. The van der Waals surface area contributed by atoms with E-state index in [0.717, 1.165) is 0 Å². The Labute approximate surface area is 93.2 Å². The standard InChI is InChI=1S/C12H13FO3/c1-16-12(15)10-6-5-9(8-11(10)13)4-2-3-7-14/h2,4-6,8,14H,3,7H2,1H3. The summed E-state index contributed by atoms with van der Waals surface area (Å²) in [6.45, 7) is 0.0548. The van der Waals surface area contributed by atoms with Crippen molar-refractivity contribution in [2.75, 3.05) is 13.7 Å². The van der Waals surface area contributed by atoms with Crippen LogP contribution in [-0.4, -0.2) is 24.8 Å². The van der Waals surface area contributed by atoms with Gasteiger partial charge in [-0.2, -0.15) is 0 Å². The molecule has 0 radical (unpaired) electrons. The lowest BCUT2D eigenvalue weighted by Gasteiger charge is -2.01. The number of ether oxygens (including phenoxy) is 1. The van der Waals surface area contributed by atoms with Crippen molar-refractivity contribution in [3.63, 3.8) is 0 Å². The van der Waals surface area contributed by atoms with E-state index in [9.17, 15) is 9.18 Å². The third-order valence-corrected chi connectivity index (χ3v) is 2.00. The molecule has 0 aliphatic carbocycles. The van der Waals surface area contributed by atoms with Crippen LogP contribution in [0.4, 0.5) is 4.39 Å². The number of methoxy groups -OCH3 is 1. The minimum absolute atomic E-state index is 0.0548. The van der Waals surface area contributed by atoms with Crippen LogP contribution in [0.15, 0.2) is 24.3 Å². The van der Waals surface area contributed by atoms with Crippen molar-refractivity contribution in [1.29, 1.82) is 0 Å². The molecule has 0 fully saturated rings. The Morgan fingerprint density at radius 1 is 1.56 bits per heavy atom. The van der Waals surface area contributed by atoms with Crippen molar-refractivity contribution in [2.24, 2.45) is 0 Å². The first-order valence-corrected chi connectivity index (χ1v) is 4.84. The van der Waals surface area contributed by atoms with Gasteiger partial charge in [-0.15, -0.1) is 0 Å². The molecular formula is C12H13FO3. The van der Waals surface area contributed by atoms with Crippen molar-refractivity contribution in [3.05, 3.63) is 41.2 Å². The van der Waals surface area contributed by atoms with Crippen molar-refractivity contribution in [1.82, 2.24) is 0 Å². The summed E-state index contributed by atoms with van der Waals surface area (Å²) in [5, 5.41) is 8.56. The first-order valence-electron chi connectivity index (χ1n) is 4.84. The van der Waals surface area contributed by atoms with E-state index in [1.165, 1.54) is 19.2 Å². The Morgan fingerprint density at radius 3 is 2.88 bits per heavy atom. The van der Waals surface area contributed by atoms with Gasteiger partial charge in [0.2, 0.25) is 0 Å². The third kappa shape index (κ3) is 3.17. The lowest BCUT2D eigenvalue weighted by molar-refractivity contribution is 0.0595. The van der Waals surface area contributed by atoms with Gasteiger partial charge in [-0.3, -0.25) is 0 Å². The number of esters is 1. The predicted octanol–water partition coefficient (Wildman–Crippen LogP) is 2.01. The van der Waals surface area contributed by atoms with E-state index in [-0.39, 0.29) is 12.2 Å². The molecule has 0 aromatic heterocycles. The number of halogens is 1. The highest BCUT2D eigenvalue weighted by Gasteiger charge is 2.11. The maximum Gasteiger partial charge on any atom is 0.340 e. The monoisotopic (exact) mass is 224 g/mol. The quantitative estimate of drug-likeness (QED) is 0.796. The van der Waals surface area contributed by atoms with Gasteiger partial charge >= 0.3 is 5.97 Å². The van der Waals surface area contributed by atoms with E-state index in [4.69, 9.17) is 5.11 Å². The van der Waals surface area contributed by atoms with Gasteiger partial charge in [0, 0.05) is 6.61 Å². The van der Waals surface area contributed by atoms with Gasteiger partial charge in [0.15, 0.2) is 0 Å². The zero-order valence-corrected chi connectivity index (χ0v) is 8.94. The molecule has 4 heteroatoms. The minimum atomic E-state index is -0.691. The Bertz CT molecular complexity index is 399. The molecule has 0 spiro atoms. The molecule has 0 saturated carbocycles. The summed E-state index contributed by atoms with van der Waals surface area (Å²) in [4.78, 5) is 11.1. The molecule has 0 bridgehead atoms. The number of benzene rings is 1. The second-order valence-corrected chi connectivity index (χ2v) is 3.15. The normalized spacial score (nSPS) is 10.7. The summed E-state index contributed by atoms with van der Waals surface area (Å²) < 4.78 is 17.8. The van der Waals surface area contributed by atoms with E-state index < -0.39 is 11.8 Å². The summed E-state index contributed by atoms with van der Waals surface area (Å²) in [6, 6.07) is 4.24. The second kappa shape index (κ2) is 6.02. The van der Waals surface area contributed by atoms with Crippen molar-refractivity contribution < 1.29 is 19.0 Å². The average Bonchev–Trinajstić information content (AvgIpc) is 2.29. The first-order chi connectivity index (χ1) is 7.69. The Balaban J connectivity index is 2.86. The minimum Gasteiger partial charge on any atom is -0.465 e. The highest BCUT2D eigenvalue weighted by atomic mass is 19.1. The van der Waals surface area contributed by atoms with Crippen LogP contribution in [0.25, 0.3) is 6.08 Å². The number of aliphatic hydroxyl groups excluding tert-OH is 1. The zero-order chi connectivity index (χ0) is 12.0. The second-order valence-electron chi connectivity index (χ2n) is 3.15. The van der Waals surface area contributed by atoms with Crippen LogP contribution in [0.1, 0.15) is 22.3 Å². The molecule has 0 saturated heterocycles. The van der Waals surface area contributed by atoms with Crippen molar-refractivity contribution >= 4 is 12.0 Å². The largest absolute Gasteiger partial charge is 0.465 e. The maximum atomic E-state index is 13.4. The van der Waals surface area contributed by atoms with E-state index in [2.05, 4.69) is 4.74 Å². The van der Waals surface area contributed by atoms with Crippen LogP contribution < -0.4 is 0 Å². The summed E-state index contributed by atoms with van der Waals surface area (Å²) in [5.41, 5.74) is 0.556. The number of carbonyl (C=O) groups excluding carboxylic acids is 1. The van der Waals surface area contributed by atoms with Crippen LogP contribution in [0.5, 0.6) is 0 Å². The summed E-state index contributed by atoms with van der Waals surface area (Å²) in [7, 11) is 1.21. The molecule has 0 heterocycles. The maximum absolute atomic E-state index is 13.4. The smallest absolute Gasteiger partial charge is 0.340 e. The fourth-order valence-electron chi connectivity index (χ4n) is 1.20. The van der Waals surface area contributed by atoms with Gasteiger partial charge in [0.05, 0.1) is 12.7 Å². The number of carbonyl (C=O) groups is 1. The van der Waals surface area contributed by atoms with Crippen LogP contribution >= 0.6 is 0 Å². The third-order valence-electron chi connectivity index (χ3n) is 2.00. The van der Waals surface area contributed by atoms with Crippen molar-refractivity contribution in [3.8, 4) is 0 Å². The molecule has 16 heavy (non-hydrogen) atoms. The van der Waals surface area contributed by atoms with Crippen LogP contribution in [0, 0.1) is 5.82 Å². The Hall–Kier alpha value is -1.68. The highest BCUT2D eigenvalue weighted by molar-refractivity contribution is 5.89. The van der Waals surface area contributed by atoms with Gasteiger partial charge in [-0.25, -0.2) is 9.18 Å². The molecule has 0 aliphatic heterocycles. The fourth-order valence-corrected chi connectivity index (χ4v) is 1.20. The topological polar surface area (TPSA) is 46.5 Å². The molecular weight excluding hydrogens is 211 g/mol. The van der Waals surface area contributed by atoms with Crippen LogP contribution in [0.3, 0.4) is 0 Å². The van der Waals surface area contributed by atoms with Gasteiger partial charge in [-0.1, -0.05) is 18.2 Å². The number of aliphatic hydroxyl groups is 1. The Morgan fingerprint density at radius 2 is 2.31 bits per heavy atom.